The second-order valence-corrected chi connectivity index (χ2v) is 6.39. The molecule has 1 saturated heterocycles. The fraction of sp³-hybridized carbons (Fsp3) is 0.471. The van der Waals surface area contributed by atoms with Crippen molar-refractivity contribution in [1.82, 2.24) is 10.2 Å². The predicted molar refractivity (Wildman–Crippen MR) is 88.2 cm³/mol. The summed E-state index contributed by atoms with van der Waals surface area (Å²) in [7, 11) is 1.96. The molecule has 1 amide bonds. The molecule has 1 N–H and O–H groups in total. The van der Waals surface area contributed by atoms with Gasteiger partial charge in [0.25, 0.3) is 5.91 Å². The van der Waals surface area contributed by atoms with Gasteiger partial charge >= 0.3 is 0 Å². The molecule has 1 atom stereocenters. The zero-order chi connectivity index (χ0) is 15.5. The van der Waals surface area contributed by atoms with E-state index in [2.05, 4.69) is 5.32 Å². The van der Waals surface area contributed by atoms with Crippen molar-refractivity contribution in [2.75, 3.05) is 33.3 Å². The minimum absolute atomic E-state index is 0.0893. The van der Waals surface area contributed by atoms with Crippen molar-refractivity contribution in [1.29, 1.82) is 0 Å². The van der Waals surface area contributed by atoms with E-state index in [4.69, 9.17) is 16.3 Å². The van der Waals surface area contributed by atoms with Crippen LogP contribution < -0.4 is 10.1 Å². The van der Waals surface area contributed by atoms with E-state index in [1.807, 2.05) is 30.2 Å². The first-order chi connectivity index (χ1) is 10.7. The van der Waals surface area contributed by atoms with Gasteiger partial charge in [-0.3, -0.25) is 4.79 Å². The van der Waals surface area contributed by atoms with Crippen LogP contribution in [0, 0.1) is 5.92 Å². The molecule has 0 aliphatic carbocycles. The van der Waals surface area contributed by atoms with Crippen LogP contribution in [0.1, 0.15) is 18.4 Å². The minimum atomic E-state index is 0.0893. The van der Waals surface area contributed by atoms with Crippen molar-refractivity contribution in [3.8, 4) is 5.75 Å². The van der Waals surface area contributed by atoms with Gasteiger partial charge < -0.3 is 15.0 Å². The summed E-state index contributed by atoms with van der Waals surface area (Å²) in [4.78, 5) is 14.7. The number of rotatable bonds is 3. The van der Waals surface area contributed by atoms with Gasteiger partial charge in [0.2, 0.25) is 0 Å². The quantitative estimate of drug-likeness (QED) is 0.930. The van der Waals surface area contributed by atoms with Crippen LogP contribution in [0.2, 0.25) is 5.02 Å². The summed E-state index contributed by atoms with van der Waals surface area (Å²) in [6.45, 7) is 2.94. The van der Waals surface area contributed by atoms with Crippen LogP contribution >= 0.6 is 11.6 Å². The van der Waals surface area contributed by atoms with Crippen LogP contribution in [0.25, 0.3) is 6.08 Å². The molecule has 0 saturated carbocycles. The lowest BCUT2D eigenvalue weighted by molar-refractivity contribution is -0.129. The Labute approximate surface area is 136 Å². The number of ether oxygens (including phenoxy) is 1. The highest BCUT2D eigenvalue weighted by Gasteiger charge is 2.27. The van der Waals surface area contributed by atoms with Gasteiger partial charge in [-0.25, -0.2) is 0 Å². The van der Waals surface area contributed by atoms with Gasteiger partial charge in [0.15, 0.2) is 0 Å². The summed E-state index contributed by atoms with van der Waals surface area (Å²) in [5.74, 6) is 1.41. The largest absolute Gasteiger partial charge is 0.488 e. The summed E-state index contributed by atoms with van der Waals surface area (Å²) in [5, 5.41) is 3.86. The van der Waals surface area contributed by atoms with E-state index in [1.165, 1.54) is 6.42 Å². The lowest BCUT2D eigenvalue weighted by Gasteiger charge is -2.33. The molecular formula is C17H21ClN2O2. The highest BCUT2D eigenvalue weighted by atomic mass is 35.5. The van der Waals surface area contributed by atoms with E-state index in [0.29, 0.717) is 23.1 Å². The van der Waals surface area contributed by atoms with Crippen molar-refractivity contribution in [2.45, 2.75) is 12.8 Å². The molecular weight excluding hydrogens is 300 g/mol. The maximum atomic E-state index is 12.7. The Morgan fingerprint density at radius 2 is 2.36 bits per heavy atom. The first kappa shape index (κ1) is 15.4. The number of benzene rings is 1. The van der Waals surface area contributed by atoms with E-state index in [0.717, 1.165) is 37.4 Å². The number of hydrogen-bond acceptors (Lipinski definition) is 3. The molecule has 1 aromatic carbocycles. The van der Waals surface area contributed by atoms with Crippen molar-refractivity contribution in [2.24, 2.45) is 5.92 Å². The molecule has 1 fully saturated rings. The highest BCUT2D eigenvalue weighted by molar-refractivity contribution is 6.30. The zero-order valence-electron chi connectivity index (χ0n) is 12.8. The molecule has 2 aliphatic heterocycles. The Hall–Kier alpha value is -1.52. The maximum absolute atomic E-state index is 12.7. The van der Waals surface area contributed by atoms with Crippen LogP contribution in [0.3, 0.4) is 0 Å². The minimum Gasteiger partial charge on any atom is -0.488 e. The molecule has 4 nitrogen and oxygen atoms in total. The van der Waals surface area contributed by atoms with Gasteiger partial charge in [0, 0.05) is 23.7 Å². The van der Waals surface area contributed by atoms with E-state index < -0.39 is 0 Å². The molecule has 0 radical (unpaired) electrons. The van der Waals surface area contributed by atoms with Gasteiger partial charge in [-0.15, -0.1) is 0 Å². The fourth-order valence-corrected chi connectivity index (χ4v) is 3.36. The number of amides is 1. The predicted octanol–water partition coefficient (Wildman–Crippen LogP) is 2.57. The van der Waals surface area contributed by atoms with Gasteiger partial charge in [-0.2, -0.15) is 0 Å². The van der Waals surface area contributed by atoms with Gasteiger partial charge in [-0.1, -0.05) is 11.6 Å². The monoisotopic (exact) mass is 320 g/mol. The van der Waals surface area contributed by atoms with Crippen LogP contribution in [-0.2, 0) is 4.79 Å². The Morgan fingerprint density at radius 3 is 3.18 bits per heavy atom. The second-order valence-electron chi connectivity index (χ2n) is 5.96. The van der Waals surface area contributed by atoms with Crippen molar-refractivity contribution < 1.29 is 9.53 Å². The molecule has 3 rings (SSSR count). The SMILES string of the molecule is CNCC1CCCN(C(=O)C2=Cc3cc(Cl)ccc3OC2)C1. The van der Waals surface area contributed by atoms with Crippen LogP contribution in [0.15, 0.2) is 23.8 Å². The average molecular weight is 321 g/mol. The van der Waals surface area contributed by atoms with Crippen molar-refractivity contribution in [3.63, 3.8) is 0 Å². The highest BCUT2D eigenvalue weighted by Crippen LogP contribution is 2.30. The number of likely N-dealkylation sites (tertiary alicyclic amines) is 1. The number of carbonyl (C=O) groups excluding carboxylic acids is 1. The zero-order valence-corrected chi connectivity index (χ0v) is 13.5. The fourth-order valence-electron chi connectivity index (χ4n) is 3.18. The third kappa shape index (κ3) is 3.28. The molecule has 22 heavy (non-hydrogen) atoms. The maximum Gasteiger partial charge on any atom is 0.253 e. The van der Waals surface area contributed by atoms with E-state index in [-0.39, 0.29) is 5.91 Å². The smallest absolute Gasteiger partial charge is 0.253 e. The standard InChI is InChI=1S/C17H21ClN2O2/c1-19-9-12-3-2-6-20(10-12)17(21)14-7-13-8-15(18)4-5-16(13)22-11-14/h4-5,7-8,12,19H,2-3,6,9-11H2,1H3. The number of nitrogens with one attached hydrogen (secondary N) is 1. The molecule has 1 unspecified atom stereocenters. The third-order valence-electron chi connectivity index (χ3n) is 4.26. The molecule has 0 spiro atoms. The van der Waals surface area contributed by atoms with Crippen molar-refractivity contribution >= 4 is 23.6 Å². The molecule has 1 aromatic rings. The van der Waals surface area contributed by atoms with Crippen molar-refractivity contribution in [3.05, 3.63) is 34.4 Å². The van der Waals surface area contributed by atoms with Crippen LogP contribution in [-0.4, -0.2) is 44.1 Å². The molecule has 2 heterocycles. The Morgan fingerprint density at radius 1 is 1.50 bits per heavy atom. The number of fused-ring (bicyclic) bond motifs is 1. The Kier molecular flexibility index (Phi) is 4.69. The molecule has 5 heteroatoms. The van der Waals surface area contributed by atoms with Crippen LogP contribution in [0.5, 0.6) is 5.75 Å². The Bertz CT molecular complexity index is 598. The summed E-state index contributed by atoms with van der Waals surface area (Å²) < 4.78 is 5.69. The normalized spacial score (nSPS) is 20.9. The Balaban J connectivity index is 1.75. The number of nitrogens with zero attached hydrogens (tertiary/aromatic N) is 1. The lowest BCUT2D eigenvalue weighted by Crippen LogP contribution is -2.43. The number of piperidine rings is 1. The van der Waals surface area contributed by atoms with Crippen LogP contribution in [0.4, 0.5) is 0 Å². The third-order valence-corrected chi connectivity index (χ3v) is 4.49. The van der Waals surface area contributed by atoms with Gasteiger partial charge in [0.05, 0.1) is 5.57 Å². The number of carbonyl (C=O) groups is 1. The summed E-state index contributed by atoms with van der Waals surface area (Å²) >= 11 is 6.02. The van der Waals surface area contributed by atoms with Gasteiger partial charge in [0.1, 0.15) is 12.4 Å². The second kappa shape index (κ2) is 6.71. The summed E-state index contributed by atoms with van der Waals surface area (Å²) in [6.07, 6.45) is 4.15. The topological polar surface area (TPSA) is 41.6 Å². The molecule has 118 valence electrons. The molecule has 0 aromatic heterocycles. The molecule has 0 bridgehead atoms. The number of hydrogen-bond donors (Lipinski definition) is 1. The average Bonchev–Trinajstić information content (AvgIpc) is 2.54. The first-order valence-corrected chi connectivity index (χ1v) is 8.12. The van der Waals surface area contributed by atoms with E-state index in [1.54, 1.807) is 6.07 Å². The molecule has 2 aliphatic rings. The van der Waals surface area contributed by atoms with E-state index >= 15 is 0 Å². The first-order valence-electron chi connectivity index (χ1n) is 7.74. The van der Waals surface area contributed by atoms with Gasteiger partial charge in [-0.05, 0) is 56.6 Å². The lowest BCUT2D eigenvalue weighted by atomic mass is 9.97. The summed E-state index contributed by atoms with van der Waals surface area (Å²) in [5.41, 5.74) is 1.59. The van der Waals surface area contributed by atoms with E-state index in [9.17, 15) is 4.79 Å². The summed E-state index contributed by atoms with van der Waals surface area (Å²) in [6, 6.07) is 5.48. The number of halogens is 1.